The number of nitrogens with zero attached hydrogens (tertiary/aromatic N) is 2. The van der Waals surface area contributed by atoms with Gasteiger partial charge in [0.25, 0.3) is 0 Å². The molecule has 0 fully saturated rings. The number of carbonyl (C=O) groups excluding carboxylic acids is 1. The molecule has 1 aromatic rings. The number of carbonyl (C=O) groups is 1. The van der Waals surface area contributed by atoms with Gasteiger partial charge in [0.05, 0.1) is 12.4 Å². The monoisotopic (exact) mass is 236 g/mol. The summed E-state index contributed by atoms with van der Waals surface area (Å²) in [7, 11) is 2.77. The zero-order chi connectivity index (χ0) is 12.9. The maximum atomic E-state index is 12.0. The summed E-state index contributed by atoms with van der Waals surface area (Å²) >= 11 is 0. The van der Waals surface area contributed by atoms with E-state index in [4.69, 9.17) is 4.74 Å². The third kappa shape index (κ3) is 2.13. The predicted octanol–water partition coefficient (Wildman–Crippen LogP) is 2.08. The van der Waals surface area contributed by atoms with Crippen molar-refractivity contribution in [2.24, 2.45) is 5.29 Å². The second kappa shape index (κ2) is 5.43. The van der Waals surface area contributed by atoms with E-state index in [1.807, 2.05) is 13.0 Å². The molecule has 1 unspecified atom stereocenters. The number of esters is 1. The van der Waals surface area contributed by atoms with Crippen LogP contribution in [0, 0.1) is 4.91 Å². The summed E-state index contributed by atoms with van der Waals surface area (Å²) in [6.45, 7) is 1.81. The van der Waals surface area contributed by atoms with E-state index in [2.05, 4.69) is 5.29 Å². The number of likely N-dealkylation sites (N-methyl/N-ethyl adjacent to an activating group) is 1. The molecule has 0 aromatic heterocycles. The van der Waals surface area contributed by atoms with Crippen LogP contribution in [-0.4, -0.2) is 25.1 Å². The van der Waals surface area contributed by atoms with Gasteiger partial charge in [0, 0.05) is 7.05 Å². The van der Waals surface area contributed by atoms with Gasteiger partial charge in [0.15, 0.2) is 5.54 Å². The first-order valence-electron chi connectivity index (χ1n) is 5.34. The molecule has 5 nitrogen and oxygen atoms in total. The van der Waals surface area contributed by atoms with Crippen molar-refractivity contribution in [2.45, 2.75) is 18.9 Å². The van der Waals surface area contributed by atoms with Gasteiger partial charge >= 0.3 is 5.97 Å². The van der Waals surface area contributed by atoms with Crippen LogP contribution >= 0.6 is 0 Å². The maximum absolute atomic E-state index is 12.0. The lowest BCUT2D eigenvalue weighted by atomic mass is 9.87. The second-order valence-electron chi connectivity index (χ2n) is 3.68. The van der Waals surface area contributed by atoms with Crippen molar-refractivity contribution in [2.75, 3.05) is 14.2 Å². The predicted molar refractivity (Wildman–Crippen MR) is 64.0 cm³/mol. The molecular weight excluding hydrogens is 220 g/mol. The normalized spacial score (nSPS) is 13.6. The van der Waals surface area contributed by atoms with E-state index in [0.717, 1.165) is 5.01 Å². The summed E-state index contributed by atoms with van der Waals surface area (Å²) in [5, 5.41) is 3.97. The maximum Gasteiger partial charge on any atom is 0.338 e. The van der Waals surface area contributed by atoms with E-state index in [1.165, 1.54) is 14.2 Å². The first kappa shape index (κ1) is 13.2. The molecule has 0 bridgehead atoms. The van der Waals surface area contributed by atoms with E-state index < -0.39 is 11.5 Å². The van der Waals surface area contributed by atoms with Gasteiger partial charge in [0.1, 0.15) is 0 Å². The van der Waals surface area contributed by atoms with Crippen LogP contribution in [0.4, 0.5) is 0 Å². The highest BCUT2D eigenvalue weighted by Crippen LogP contribution is 2.32. The fourth-order valence-electron chi connectivity index (χ4n) is 1.97. The van der Waals surface area contributed by atoms with Gasteiger partial charge in [-0.3, -0.25) is 0 Å². The number of hydrogen-bond acceptors (Lipinski definition) is 4. The molecule has 1 aromatic carbocycles. The van der Waals surface area contributed by atoms with Gasteiger partial charge in [-0.1, -0.05) is 37.3 Å². The van der Waals surface area contributed by atoms with Crippen molar-refractivity contribution >= 4 is 5.97 Å². The van der Waals surface area contributed by atoms with Crippen LogP contribution in [0.2, 0.25) is 0 Å². The van der Waals surface area contributed by atoms with Crippen molar-refractivity contribution in [1.29, 1.82) is 0 Å². The van der Waals surface area contributed by atoms with Gasteiger partial charge in [-0.15, -0.1) is 4.91 Å². The zero-order valence-corrected chi connectivity index (χ0v) is 10.2. The molecule has 5 heteroatoms. The molecule has 0 aliphatic carbocycles. The Labute approximate surface area is 100 Å². The Balaban J connectivity index is 3.36. The number of ether oxygens (including phenoxy) is 1. The minimum Gasteiger partial charge on any atom is -0.467 e. The summed E-state index contributed by atoms with van der Waals surface area (Å²) in [5.41, 5.74) is -0.464. The van der Waals surface area contributed by atoms with Crippen LogP contribution in [0.3, 0.4) is 0 Å². The molecule has 0 heterocycles. The molecule has 92 valence electrons. The third-order valence-corrected chi connectivity index (χ3v) is 2.96. The number of rotatable bonds is 5. The fourth-order valence-corrected chi connectivity index (χ4v) is 1.97. The summed E-state index contributed by atoms with van der Waals surface area (Å²) in [4.78, 5) is 22.8. The Hall–Kier alpha value is -1.91. The Bertz CT molecular complexity index is 394. The Morgan fingerprint density at radius 3 is 2.41 bits per heavy atom. The van der Waals surface area contributed by atoms with E-state index in [0.29, 0.717) is 12.0 Å². The Morgan fingerprint density at radius 1 is 1.41 bits per heavy atom. The van der Waals surface area contributed by atoms with Crippen LogP contribution < -0.4 is 0 Å². The average molecular weight is 236 g/mol. The van der Waals surface area contributed by atoms with Gasteiger partial charge in [-0.05, 0) is 12.0 Å². The molecule has 1 atom stereocenters. The third-order valence-electron chi connectivity index (χ3n) is 2.96. The van der Waals surface area contributed by atoms with Crippen LogP contribution in [0.5, 0.6) is 0 Å². The molecule has 0 saturated heterocycles. The molecule has 0 N–H and O–H groups in total. The average Bonchev–Trinajstić information content (AvgIpc) is 2.40. The highest BCUT2D eigenvalue weighted by Gasteiger charge is 2.44. The minimum atomic E-state index is -1.15. The van der Waals surface area contributed by atoms with Crippen molar-refractivity contribution < 1.29 is 9.53 Å². The molecule has 0 aliphatic rings. The van der Waals surface area contributed by atoms with Crippen LogP contribution in [0.25, 0.3) is 0 Å². The zero-order valence-electron chi connectivity index (χ0n) is 10.2. The smallest absolute Gasteiger partial charge is 0.338 e. The van der Waals surface area contributed by atoms with Gasteiger partial charge in [0.2, 0.25) is 0 Å². The van der Waals surface area contributed by atoms with Crippen LogP contribution in [0.15, 0.2) is 35.6 Å². The first-order chi connectivity index (χ1) is 8.13. The molecule has 0 radical (unpaired) electrons. The Kier molecular flexibility index (Phi) is 4.20. The number of methoxy groups -OCH3 is 1. The van der Waals surface area contributed by atoms with Crippen LogP contribution in [-0.2, 0) is 15.1 Å². The second-order valence-corrected chi connectivity index (χ2v) is 3.68. The van der Waals surface area contributed by atoms with E-state index in [9.17, 15) is 9.70 Å². The van der Waals surface area contributed by atoms with Crippen molar-refractivity contribution in [3.8, 4) is 0 Å². The molecule has 0 amide bonds. The highest BCUT2D eigenvalue weighted by atomic mass is 16.5. The fraction of sp³-hybridized carbons (Fsp3) is 0.417. The quantitative estimate of drug-likeness (QED) is 0.446. The van der Waals surface area contributed by atoms with Crippen molar-refractivity contribution in [1.82, 2.24) is 5.01 Å². The standard InChI is InChI=1S/C12H16N2O3/c1-4-12(11(15)17-3,14(2)13-16)10-8-6-5-7-9-10/h5-9H,4H2,1-3H3. The lowest BCUT2D eigenvalue weighted by Gasteiger charge is -2.34. The van der Waals surface area contributed by atoms with E-state index in [-0.39, 0.29) is 0 Å². The minimum absolute atomic E-state index is 0.395. The SMILES string of the molecule is CCC(C(=O)OC)(c1ccccc1)N(C)N=O. The molecule has 0 spiro atoms. The largest absolute Gasteiger partial charge is 0.467 e. The molecular formula is C12H16N2O3. The number of benzene rings is 1. The van der Waals surface area contributed by atoms with Crippen molar-refractivity contribution in [3.05, 3.63) is 40.8 Å². The molecule has 0 saturated carbocycles. The topological polar surface area (TPSA) is 59.0 Å². The lowest BCUT2D eigenvalue weighted by molar-refractivity contribution is -0.156. The van der Waals surface area contributed by atoms with Crippen LogP contribution in [0.1, 0.15) is 18.9 Å². The summed E-state index contributed by atoms with van der Waals surface area (Å²) in [6.07, 6.45) is 0.395. The number of nitroso groups, excluding NO2 is 1. The summed E-state index contributed by atoms with van der Waals surface area (Å²) in [5.74, 6) is -0.492. The van der Waals surface area contributed by atoms with Gasteiger partial charge in [-0.25, -0.2) is 9.80 Å². The van der Waals surface area contributed by atoms with Gasteiger partial charge in [-0.2, -0.15) is 0 Å². The number of hydrogen-bond donors (Lipinski definition) is 0. The highest BCUT2D eigenvalue weighted by molar-refractivity contribution is 5.82. The molecule has 0 aliphatic heterocycles. The molecule has 1 rings (SSSR count). The Morgan fingerprint density at radius 2 is 2.00 bits per heavy atom. The molecule has 17 heavy (non-hydrogen) atoms. The summed E-state index contributed by atoms with van der Waals surface area (Å²) in [6, 6.07) is 9.02. The van der Waals surface area contributed by atoms with E-state index in [1.54, 1.807) is 24.3 Å². The first-order valence-corrected chi connectivity index (χ1v) is 5.34. The van der Waals surface area contributed by atoms with E-state index >= 15 is 0 Å². The van der Waals surface area contributed by atoms with Crippen molar-refractivity contribution in [3.63, 3.8) is 0 Å². The lowest BCUT2D eigenvalue weighted by Crippen LogP contribution is -2.47. The van der Waals surface area contributed by atoms with Gasteiger partial charge < -0.3 is 4.74 Å². The summed E-state index contributed by atoms with van der Waals surface area (Å²) < 4.78 is 4.80.